The Morgan fingerprint density at radius 2 is 2.04 bits per heavy atom. The quantitative estimate of drug-likeness (QED) is 0.705. The lowest BCUT2D eigenvalue weighted by Gasteiger charge is -2.04. The van der Waals surface area contributed by atoms with Crippen molar-refractivity contribution in [3.63, 3.8) is 0 Å². The molecular weight excluding hydrogens is 362 g/mol. The van der Waals surface area contributed by atoms with E-state index in [4.69, 9.17) is 0 Å². The SMILES string of the molecule is CCc1cccc(-n2c(=C(C#N)C#N)s/c(=C/c3sccc3C)c2=O)c1. The van der Waals surface area contributed by atoms with Gasteiger partial charge >= 0.3 is 0 Å². The zero-order valence-electron chi connectivity index (χ0n) is 14.3. The summed E-state index contributed by atoms with van der Waals surface area (Å²) in [4.78, 5) is 14.1. The molecule has 0 fully saturated rings. The number of hydrogen-bond acceptors (Lipinski definition) is 5. The lowest BCUT2D eigenvalue weighted by Crippen LogP contribution is -2.30. The molecule has 0 saturated heterocycles. The minimum Gasteiger partial charge on any atom is -0.267 e. The van der Waals surface area contributed by atoms with Gasteiger partial charge in [-0.25, -0.2) is 0 Å². The van der Waals surface area contributed by atoms with Crippen molar-refractivity contribution in [3.05, 3.63) is 71.3 Å². The number of aromatic nitrogens is 1. The van der Waals surface area contributed by atoms with Gasteiger partial charge in [0.25, 0.3) is 5.56 Å². The number of benzene rings is 1. The first kappa shape index (κ1) is 17.9. The van der Waals surface area contributed by atoms with Gasteiger partial charge in [0.05, 0.1) is 10.2 Å². The molecule has 2 aromatic heterocycles. The molecule has 0 unspecified atom stereocenters. The van der Waals surface area contributed by atoms with E-state index in [1.54, 1.807) is 11.3 Å². The highest BCUT2D eigenvalue weighted by Gasteiger charge is 2.12. The van der Waals surface area contributed by atoms with Gasteiger partial charge in [-0.3, -0.25) is 9.36 Å². The number of nitrogens with zero attached hydrogens (tertiary/aromatic N) is 3. The van der Waals surface area contributed by atoms with Gasteiger partial charge in [-0.2, -0.15) is 10.5 Å². The van der Waals surface area contributed by atoms with Gasteiger partial charge in [-0.05, 0) is 54.1 Å². The van der Waals surface area contributed by atoms with Crippen LogP contribution < -0.4 is 14.8 Å². The van der Waals surface area contributed by atoms with E-state index in [9.17, 15) is 15.3 Å². The Morgan fingerprint density at radius 1 is 1.27 bits per heavy atom. The molecule has 26 heavy (non-hydrogen) atoms. The van der Waals surface area contributed by atoms with Crippen molar-refractivity contribution in [3.8, 4) is 17.8 Å². The standard InChI is InChI=1S/C20H15N3OS2/c1-3-14-5-4-6-16(9-14)23-19(24)18(10-17-13(2)7-8-25-17)26-20(23)15(11-21)12-22/h4-10H,3H2,1-2H3/b18-10+. The summed E-state index contributed by atoms with van der Waals surface area (Å²) in [5.74, 6) is 0. The topological polar surface area (TPSA) is 69.6 Å². The minimum atomic E-state index is -0.214. The normalized spacial score (nSPS) is 11.2. The third-order valence-electron chi connectivity index (χ3n) is 4.00. The van der Waals surface area contributed by atoms with Gasteiger partial charge in [0, 0.05) is 4.88 Å². The molecule has 4 nitrogen and oxygen atoms in total. The molecule has 0 radical (unpaired) electrons. The third-order valence-corrected chi connectivity index (χ3v) is 6.06. The van der Waals surface area contributed by atoms with E-state index in [1.165, 1.54) is 15.9 Å². The van der Waals surface area contributed by atoms with Gasteiger partial charge in [0.1, 0.15) is 16.8 Å². The summed E-state index contributed by atoms with van der Waals surface area (Å²) in [6.07, 6.45) is 2.67. The van der Waals surface area contributed by atoms with Gasteiger partial charge in [-0.1, -0.05) is 19.1 Å². The second-order valence-corrected chi connectivity index (χ2v) is 7.62. The summed E-state index contributed by atoms with van der Waals surface area (Å²) in [6.45, 7) is 4.03. The molecule has 1 aromatic carbocycles. The Kier molecular flexibility index (Phi) is 5.18. The first-order chi connectivity index (χ1) is 12.6. The van der Waals surface area contributed by atoms with Crippen LogP contribution >= 0.6 is 22.7 Å². The van der Waals surface area contributed by atoms with Crippen molar-refractivity contribution in [2.45, 2.75) is 20.3 Å². The lowest BCUT2D eigenvalue weighted by atomic mass is 10.1. The first-order valence-electron chi connectivity index (χ1n) is 8.00. The van der Waals surface area contributed by atoms with E-state index in [-0.39, 0.29) is 11.1 Å². The van der Waals surface area contributed by atoms with Crippen LogP contribution in [0.15, 0.2) is 40.5 Å². The average molecular weight is 377 g/mol. The van der Waals surface area contributed by atoms with E-state index in [0.29, 0.717) is 14.9 Å². The van der Waals surface area contributed by atoms with Crippen molar-refractivity contribution in [2.24, 2.45) is 0 Å². The molecule has 0 spiro atoms. The molecule has 0 aliphatic heterocycles. The Bertz CT molecular complexity index is 1210. The molecule has 0 amide bonds. The maximum atomic E-state index is 13.1. The Hall–Kier alpha value is -2.93. The van der Waals surface area contributed by atoms with Crippen molar-refractivity contribution < 1.29 is 0 Å². The average Bonchev–Trinajstić information content (AvgIpc) is 3.20. The van der Waals surface area contributed by atoms with Crippen molar-refractivity contribution in [2.75, 3.05) is 0 Å². The minimum absolute atomic E-state index is 0.0587. The van der Waals surface area contributed by atoms with Crippen molar-refractivity contribution in [1.29, 1.82) is 10.5 Å². The zero-order valence-corrected chi connectivity index (χ0v) is 15.9. The lowest BCUT2D eigenvalue weighted by molar-refractivity contribution is 0.979. The predicted octanol–water partition coefficient (Wildman–Crippen LogP) is 2.86. The van der Waals surface area contributed by atoms with E-state index >= 15 is 0 Å². The van der Waals surface area contributed by atoms with Gasteiger partial charge in [-0.15, -0.1) is 22.7 Å². The van der Waals surface area contributed by atoms with Crippen LogP contribution in [0.2, 0.25) is 0 Å². The maximum Gasteiger partial charge on any atom is 0.273 e. The van der Waals surface area contributed by atoms with E-state index in [0.717, 1.165) is 22.4 Å². The van der Waals surface area contributed by atoms with Gasteiger partial charge < -0.3 is 0 Å². The predicted molar refractivity (Wildman–Crippen MR) is 106 cm³/mol. The molecule has 0 N–H and O–H groups in total. The fourth-order valence-electron chi connectivity index (χ4n) is 2.57. The highest BCUT2D eigenvalue weighted by molar-refractivity contribution is 7.11. The summed E-state index contributed by atoms with van der Waals surface area (Å²) in [5, 5.41) is 20.6. The van der Waals surface area contributed by atoms with Crippen LogP contribution in [-0.2, 0) is 6.42 Å². The van der Waals surface area contributed by atoms with Crippen LogP contribution in [0, 0.1) is 29.6 Å². The molecule has 3 rings (SSSR count). The molecular formula is C20H15N3OS2. The largest absolute Gasteiger partial charge is 0.273 e. The highest BCUT2D eigenvalue weighted by atomic mass is 32.1. The second-order valence-electron chi connectivity index (χ2n) is 5.65. The molecule has 0 saturated carbocycles. The number of aryl methyl sites for hydroxylation is 2. The van der Waals surface area contributed by atoms with Crippen LogP contribution in [0.3, 0.4) is 0 Å². The molecule has 0 aliphatic carbocycles. The molecule has 0 bridgehead atoms. The monoisotopic (exact) mass is 377 g/mol. The molecule has 3 aromatic rings. The molecule has 6 heteroatoms. The molecule has 128 valence electrons. The first-order valence-corrected chi connectivity index (χ1v) is 9.70. The van der Waals surface area contributed by atoms with Crippen molar-refractivity contribution >= 4 is 34.3 Å². The van der Waals surface area contributed by atoms with Crippen LogP contribution in [0.4, 0.5) is 0 Å². The highest BCUT2D eigenvalue weighted by Crippen LogP contribution is 2.16. The fraction of sp³-hybridized carbons (Fsp3) is 0.150. The summed E-state index contributed by atoms with van der Waals surface area (Å²) in [5.41, 5.74) is 2.58. The van der Waals surface area contributed by atoms with E-state index in [2.05, 4.69) is 0 Å². The molecule has 0 atom stereocenters. The summed E-state index contributed by atoms with van der Waals surface area (Å²) < 4.78 is 2.35. The summed E-state index contributed by atoms with van der Waals surface area (Å²) >= 11 is 2.73. The third kappa shape index (κ3) is 3.25. The van der Waals surface area contributed by atoms with Crippen LogP contribution in [0.1, 0.15) is 22.9 Å². The van der Waals surface area contributed by atoms with Gasteiger partial charge in [0.15, 0.2) is 5.57 Å². The Morgan fingerprint density at radius 3 is 2.65 bits per heavy atom. The number of thiazole rings is 1. The maximum absolute atomic E-state index is 13.1. The van der Waals surface area contributed by atoms with Gasteiger partial charge in [0.2, 0.25) is 0 Å². The van der Waals surface area contributed by atoms with Crippen molar-refractivity contribution in [1.82, 2.24) is 4.57 Å². The zero-order chi connectivity index (χ0) is 18.7. The number of thiophene rings is 1. The molecule has 0 aliphatic rings. The fourth-order valence-corrected chi connectivity index (χ4v) is 4.54. The number of hydrogen-bond donors (Lipinski definition) is 0. The molecule has 2 heterocycles. The van der Waals surface area contributed by atoms with E-state index in [1.807, 2.05) is 67.8 Å². The van der Waals surface area contributed by atoms with Crippen LogP contribution in [0.25, 0.3) is 17.3 Å². The summed E-state index contributed by atoms with van der Waals surface area (Å²) in [6, 6.07) is 13.4. The van der Waals surface area contributed by atoms with E-state index < -0.39 is 0 Å². The Labute approximate surface area is 158 Å². The second kappa shape index (κ2) is 7.53. The number of rotatable bonds is 3. The smallest absolute Gasteiger partial charge is 0.267 e. The Balaban J connectivity index is 2.41. The summed E-state index contributed by atoms with van der Waals surface area (Å²) in [7, 11) is 0. The van der Waals surface area contributed by atoms with Crippen LogP contribution in [0.5, 0.6) is 0 Å². The van der Waals surface area contributed by atoms with Crippen LogP contribution in [-0.4, -0.2) is 4.57 Å². The number of nitriles is 2.